The van der Waals surface area contributed by atoms with E-state index in [0.717, 1.165) is 11.3 Å². The van der Waals surface area contributed by atoms with E-state index in [4.69, 9.17) is 14.2 Å². The van der Waals surface area contributed by atoms with Crippen LogP contribution in [0.5, 0.6) is 11.5 Å². The summed E-state index contributed by atoms with van der Waals surface area (Å²) in [6, 6.07) is 5.04. The van der Waals surface area contributed by atoms with Crippen molar-refractivity contribution in [1.29, 1.82) is 5.26 Å². The summed E-state index contributed by atoms with van der Waals surface area (Å²) in [6.45, 7) is 7.31. The molecule has 0 fully saturated rings. The summed E-state index contributed by atoms with van der Waals surface area (Å²) < 4.78 is 16.1. The molecule has 0 saturated carbocycles. The second-order valence-electron chi connectivity index (χ2n) is 6.85. The zero-order valence-corrected chi connectivity index (χ0v) is 22.2. The van der Waals surface area contributed by atoms with Gasteiger partial charge in [0.05, 0.1) is 34.5 Å². The summed E-state index contributed by atoms with van der Waals surface area (Å²) in [5.74, 6) is -1.56. The number of phenolic OH excluding ortho intramolecular Hbond substituents is 1. The van der Waals surface area contributed by atoms with Crippen LogP contribution in [0.4, 0.5) is 0 Å². The normalized spacial score (nSPS) is 11.0. The van der Waals surface area contributed by atoms with E-state index in [0.29, 0.717) is 26.2 Å². The number of aromatic hydroxyl groups is 1. The minimum absolute atomic E-state index is 0.0240. The molecule has 1 heterocycles. The molecular weight excluding hydrogens is 573 g/mol. The molecule has 0 bridgehead atoms. The Morgan fingerprint density at radius 3 is 2.35 bits per heavy atom. The van der Waals surface area contributed by atoms with Crippen LogP contribution in [-0.4, -0.2) is 42.6 Å². The molecular formula is C24H24INO7S. The van der Waals surface area contributed by atoms with Crippen LogP contribution < -0.4 is 4.74 Å². The molecule has 34 heavy (non-hydrogen) atoms. The Bertz CT molecular complexity index is 1180. The molecule has 2 rings (SSSR count). The number of hydrogen-bond acceptors (Lipinski definition) is 9. The maximum absolute atomic E-state index is 13.0. The molecule has 0 spiro atoms. The number of Topliss-reactive ketones (excluding diaryl/α,β-unsaturated/α-hetero) is 1. The summed E-state index contributed by atoms with van der Waals surface area (Å²) >= 11 is 2.91. The smallest absolute Gasteiger partial charge is 0.348 e. The van der Waals surface area contributed by atoms with E-state index < -0.39 is 17.7 Å². The number of nitriles is 1. The monoisotopic (exact) mass is 597 g/mol. The number of ketones is 1. The van der Waals surface area contributed by atoms with Gasteiger partial charge in [-0.2, -0.15) is 5.26 Å². The molecule has 0 unspecified atom stereocenters. The zero-order chi connectivity index (χ0) is 25.4. The number of benzene rings is 1. The highest BCUT2D eigenvalue weighted by Crippen LogP contribution is 2.34. The standard InChI is InChI=1S/C24H24INO7S/c1-5-31-18-10-14(9-16(25)21(18)28)8-15(12-26)17(27)11-19-20(23(29)32-6-2)13(4)22(34-19)24(30)33-7-3/h8-10,28H,5-7,11H2,1-4H3/b15-8+. The maximum Gasteiger partial charge on any atom is 0.348 e. The van der Waals surface area contributed by atoms with E-state index in [1.165, 1.54) is 12.1 Å². The second-order valence-corrected chi connectivity index (χ2v) is 9.11. The molecule has 0 aliphatic carbocycles. The zero-order valence-electron chi connectivity index (χ0n) is 19.2. The number of thiophene rings is 1. The van der Waals surface area contributed by atoms with Crippen LogP contribution in [0, 0.1) is 21.8 Å². The first kappa shape index (κ1) is 27.3. The molecule has 8 nitrogen and oxygen atoms in total. The third-order valence-corrected chi connectivity index (χ3v) is 6.66. The van der Waals surface area contributed by atoms with Crippen molar-refractivity contribution in [3.8, 4) is 17.6 Å². The van der Waals surface area contributed by atoms with E-state index >= 15 is 0 Å². The van der Waals surface area contributed by atoms with Crippen LogP contribution >= 0.6 is 33.9 Å². The molecule has 2 aromatic rings. The number of carbonyl (C=O) groups excluding carboxylic acids is 3. The minimum atomic E-state index is -0.647. The molecule has 0 radical (unpaired) electrons. The van der Waals surface area contributed by atoms with Gasteiger partial charge in [-0.1, -0.05) is 0 Å². The van der Waals surface area contributed by atoms with Crippen molar-refractivity contribution in [3.05, 3.63) is 47.7 Å². The average molecular weight is 597 g/mol. The SMILES string of the molecule is CCOC(=O)c1sc(CC(=O)/C(C#N)=C/c2cc(I)c(O)c(OCC)c2)c(C(=O)OCC)c1C. The minimum Gasteiger partial charge on any atom is -0.504 e. The van der Waals surface area contributed by atoms with Gasteiger partial charge in [-0.15, -0.1) is 11.3 Å². The van der Waals surface area contributed by atoms with Crippen molar-refractivity contribution >= 4 is 57.7 Å². The van der Waals surface area contributed by atoms with Gasteiger partial charge < -0.3 is 19.3 Å². The number of rotatable bonds is 10. The number of allylic oxidation sites excluding steroid dienone is 1. The van der Waals surface area contributed by atoms with Crippen molar-refractivity contribution in [3.63, 3.8) is 0 Å². The Hall–Kier alpha value is -2.91. The Morgan fingerprint density at radius 2 is 1.76 bits per heavy atom. The summed E-state index contributed by atoms with van der Waals surface area (Å²) in [5.41, 5.74) is 0.859. The second kappa shape index (κ2) is 12.5. The molecule has 10 heteroatoms. The van der Waals surface area contributed by atoms with Gasteiger partial charge in [0.15, 0.2) is 17.3 Å². The van der Waals surface area contributed by atoms with Crippen LogP contribution in [0.2, 0.25) is 0 Å². The van der Waals surface area contributed by atoms with Crippen molar-refractivity contribution in [1.82, 2.24) is 0 Å². The lowest BCUT2D eigenvalue weighted by Gasteiger charge is -2.09. The Morgan fingerprint density at radius 1 is 1.12 bits per heavy atom. The lowest BCUT2D eigenvalue weighted by molar-refractivity contribution is -0.114. The highest BCUT2D eigenvalue weighted by atomic mass is 127. The predicted octanol–water partition coefficient (Wildman–Crippen LogP) is 4.84. The Balaban J connectivity index is 2.47. The van der Waals surface area contributed by atoms with Crippen molar-refractivity contribution in [2.24, 2.45) is 0 Å². The van der Waals surface area contributed by atoms with E-state index in [1.807, 2.05) is 28.7 Å². The maximum atomic E-state index is 13.0. The molecule has 1 aromatic heterocycles. The van der Waals surface area contributed by atoms with Crippen LogP contribution in [0.15, 0.2) is 17.7 Å². The van der Waals surface area contributed by atoms with Crippen molar-refractivity contribution in [2.75, 3.05) is 19.8 Å². The number of nitrogens with zero attached hydrogens (tertiary/aromatic N) is 1. The van der Waals surface area contributed by atoms with Gasteiger partial charge in [0.2, 0.25) is 0 Å². The lowest BCUT2D eigenvalue weighted by atomic mass is 10.0. The number of phenols is 1. The fraction of sp³-hybridized carbons (Fsp3) is 0.333. The molecule has 0 saturated heterocycles. The lowest BCUT2D eigenvalue weighted by Crippen LogP contribution is -2.12. The van der Waals surface area contributed by atoms with E-state index in [2.05, 4.69) is 0 Å². The summed E-state index contributed by atoms with van der Waals surface area (Å²) in [7, 11) is 0. The molecule has 0 atom stereocenters. The Labute approximate surface area is 215 Å². The first-order chi connectivity index (χ1) is 16.2. The highest BCUT2D eigenvalue weighted by Gasteiger charge is 2.28. The van der Waals surface area contributed by atoms with E-state index in [1.54, 1.807) is 33.8 Å². The average Bonchev–Trinajstić information content (AvgIpc) is 3.11. The van der Waals surface area contributed by atoms with Gasteiger partial charge in [0, 0.05) is 11.3 Å². The number of esters is 2. The van der Waals surface area contributed by atoms with Gasteiger partial charge in [-0.05, 0) is 79.6 Å². The first-order valence-corrected chi connectivity index (χ1v) is 12.3. The van der Waals surface area contributed by atoms with Crippen LogP contribution in [0.1, 0.15) is 56.8 Å². The number of hydrogen-bond donors (Lipinski definition) is 1. The molecule has 1 N–H and O–H groups in total. The van der Waals surface area contributed by atoms with Gasteiger partial charge in [0.1, 0.15) is 10.9 Å². The topological polar surface area (TPSA) is 123 Å². The quantitative estimate of drug-likeness (QED) is 0.179. The fourth-order valence-electron chi connectivity index (χ4n) is 3.08. The summed E-state index contributed by atoms with van der Waals surface area (Å²) in [4.78, 5) is 38.4. The van der Waals surface area contributed by atoms with Gasteiger partial charge >= 0.3 is 11.9 Å². The molecule has 0 aliphatic heterocycles. The van der Waals surface area contributed by atoms with Gasteiger partial charge in [-0.25, -0.2) is 9.59 Å². The molecule has 180 valence electrons. The molecule has 0 aliphatic rings. The fourth-order valence-corrected chi connectivity index (χ4v) is 4.90. The van der Waals surface area contributed by atoms with E-state index in [9.17, 15) is 24.8 Å². The summed E-state index contributed by atoms with van der Waals surface area (Å²) in [5, 5.41) is 19.7. The Kier molecular flexibility index (Phi) is 10.1. The van der Waals surface area contributed by atoms with Crippen LogP contribution in [0.25, 0.3) is 6.08 Å². The first-order valence-electron chi connectivity index (χ1n) is 10.4. The van der Waals surface area contributed by atoms with Gasteiger partial charge in [-0.3, -0.25) is 4.79 Å². The van der Waals surface area contributed by atoms with Gasteiger partial charge in [0.25, 0.3) is 0 Å². The summed E-state index contributed by atoms with van der Waals surface area (Å²) in [6.07, 6.45) is 1.12. The van der Waals surface area contributed by atoms with Crippen molar-refractivity contribution in [2.45, 2.75) is 34.1 Å². The van der Waals surface area contributed by atoms with Crippen LogP contribution in [-0.2, 0) is 20.7 Å². The third-order valence-electron chi connectivity index (χ3n) is 4.56. The predicted molar refractivity (Wildman–Crippen MR) is 135 cm³/mol. The van der Waals surface area contributed by atoms with E-state index in [-0.39, 0.29) is 47.1 Å². The molecule has 1 aromatic carbocycles. The van der Waals surface area contributed by atoms with Crippen LogP contribution in [0.3, 0.4) is 0 Å². The highest BCUT2D eigenvalue weighted by molar-refractivity contribution is 14.1. The van der Waals surface area contributed by atoms with Crippen molar-refractivity contribution < 1.29 is 33.7 Å². The third kappa shape index (κ3) is 6.36. The molecule has 0 amide bonds. The largest absolute Gasteiger partial charge is 0.504 e. The number of ether oxygens (including phenoxy) is 3. The number of halogens is 1. The number of carbonyl (C=O) groups is 3.